The fourth-order valence-corrected chi connectivity index (χ4v) is 2.52. The summed E-state index contributed by atoms with van der Waals surface area (Å²) in [5, 5.41) is 2.86. The largest absolute Gasteiger partial charge is 0.350 e. The Hall–Kier alpha value is -2.62. The molecule has 4 heteroatoms. The first-order chi connectivity index (χ1) is 11.1. The highest BCUT2D eigenvalue weighted by Gasteiger charge is 2.18. The van der Waals surface area contributed by atoms with Crippen LogP contribution in [-0.2, 0) is 4.79 Å². The molecule has 0 radical (unpaired) electrons. The highest BCUT2D eigenvalue weighted by molar-refractivity contribution is 5.94. The standard InChI is InChI=1S/C19H22N2O2/c1-15(17-9-5-3-6-10-17)21(16(2)22)14-13-20-19(23)18-11-7-4-8-12-18/h3-12,15H,13-14H2,1-2H3,(H,20,23). The minimum atomic E-state index is -0.124. The molecule has 2 aromatic carbocycles. The van der Waals surface area contributed by atoms with Crippen molar-refractivity contribution in [1.29, 1.82) is 0 Å². The van der Waals surface area contributed by atoms with E-state index in [-0.39, 0.29) is 17.9 Å². The quantitative estimate of drug-likeness (QED) is 0.891. The van der Waals surface area contributed by atoms with Gasteiger partial charge in [-0.2, -0.15) is 0 Å². The molecule has 1 N–H and O–H groups in total. The van der Waals surface area contributed by atoms with Gasteiger partial charge in [0.25, 0.3) is 5.91 Å². The van der Waals surface area contributed by atoms with Crippen molar-refractivity contribution in [2.75, 3.05) is 13.1 Å². The molecule has 120 valence electrons. The third-order valence-electron chi connectivity index (χ3n) is 3.83. The summed E-state index contributed by atoms with van der Waals surface area (Å²) in [7, 11) is 0. The van der Waals surface area contributed by atoms with Crippen LogP contribution in [0.2, 0.25) is 0 Å². The number of rotatable bonds is 6. The van der Waals surface area contributed by atoms with Crippen molar-refractivity contribution in [2.24, 2.45) is 0 Å². The van der Waals surface area contributed by atoms with E-state index in [4.69, 9.17) is 0 Å². The Morgan fingerprint density at radius 1 is 1.00 bits per heavy atom. The summed E-state index contributed by atoms with van der Waals surface area (Å²) in [5.41, 5.74) is 1.70. The van der Waals surface area contributed by atoms with Crippen LogP contribution in [0.1, 0.15) is 35.8 Å². The monoisotopic (exact) mass is 310 g/mol. The van der Waals surface area contributed by atoms with E-state index in [0.29, 0.717) is 18.7 Å². The van der Waals surface area contributed by atoms with Gasteiger partial charge < -0.3 is 10.2 Å². The maximum atomic E-state index is 12.0. The molecular weight excluding hydrogens is 288 g/mol. The van der Waals surface area contributed by atoms with Gasteiger partial charge in [0.2, 0.25) is 5.91 Å². The Morgan fingerprint density at radius 3 is 2.13 bits per heavy atom. The number of carbonyl (C=O) groups excluding carboxylic acids is 2. The Balaban J connectivity index is 1.93. The second-order valence-electron chi connectivity index (χ2n) is 5.42. The van der Waals surface area contributed by atoms with Crippen LogP contribution < -0.4 is 5.32 Å². The molecule has 4 nitrogen and oxygen atoms in total. The van der Waals surface area contributed by atoms with Crippen molar-refractivity contribution in [1.82, 2.24) is 10.2 Å². The van der Waals surface area contributed by atoms with Crippen LogP contribution >= 0.6 is 0 Å². The molecule has 0 spiro atoms. The molecule has 2 rings (SSSR count). The van der Waals surface area contributed by atoms with E-state index < -0.39 is 0 Å². The van der Waals surface area contributed by atoms with E-state index >= 15 is 0 Å². The van der Waals surface area contributed by atoms with Crippen LogP contribution in [0.5, 0.6) is 0 Å². The molecule has 0 aliphatic heterocycles. The molecule has 1 unspecified atom stereocenters. The zero-order chi connectivity index (χ0) is 16.7. The van der Waals surface area contributed by atoms with Crippen LogP contribution in [0, 0.1) is 0 Å². The summed E-state index contributed by atoms with van der Waals surface area (Å²) in [6.07, 6.45) is 0. The van der Waals surface area contributed by atoms with Gasteiger partial charge in [0.05, 0.1) is 6.04 Å². The van der Waals surface area contributed by atoms with Gasteiger partial charge in [0, 0.05) is 25.6 Å². The van der Waals surface area contributed by atoms with Crippen molar-refractivity contribution in [3.63, 3.8) is 0 Å². The number of benzene rings is 2. The van der Waals surface area contributed by atoms with Gasteiger partial charge in [-0.3, -0.25) is 9.59 Å². The molecule has 2 aromatic rings. The van der Waals surface area contributed by atoms with Gasteiger partial charge in [0.1, 0.15) is 0 Å². The van der Waals surface area contributed by atoms with E-state index in [1.165, 1.54) is 0 Å². The number of carbonyl (C=O) groups is 2. The fraction of sp³-hybridized carbons (Fsp3) is 0.263. The van der Waals surface area contributed by atoms with Crippen LogP contribution in [0.4, 0.5) is 0 Å². The maximum Gasteiger partial charge on any atom is 0.251 e. The molecule has 23 heavy (non-hydrogen) atoms. The summed E-state index contributed by atoms with van der Waals surface area (Å²) in [6.45, 7) is 4.45. The lowest BCUT2D eigenvalue weighted by Gasteiger charge is -2.28. The minimum Gasteiger partial charge on any atom is -0.350 e. The predicted molar refractivity (Wildman–Crippen MR) is 91.0 cm³/mol. The average molecular weight is 310 g/mol. The van der Waals surface area contributed by atoms with Crippen LogP contribution in [-0.4, -0.2) is 29.8 Å². The van der Waals surface area contributed by atoms with Gasteiger partial charge >= 0.3 is 0 Å². The number of hydrogen-bond donors (Lipinski definition) is 1. The Morgan fingerprint density at radius 2 is 1.57 bits per heavy atom. The zero-order valence-electron chi connectivity index (χ0n) is 13.5. The van der Waals surface area contributed by atoms with Gasteiger partial charge in [-0.15, -0.1) is 0 Å². The molecule has 0 aliphatic rings. The highest BCUT2D eigenvalue weighted by Crippen LogP contribution is 2.19. The number of amides is 2. The Bertz CT molecular complexity index is 641. The number of nitrogens with one attached hydrogen (secondary N) is 1. The lowest BCUT2D eigenvalue weighted by Crippen LogP contribution is -2.39. The van der Waals surface area contributed by atoms with Crippen molar-refractivity contribution < 1.29 is 9.59 Å². The van der Waals surface area contributed by atoms with E-state index in [9.17, 15) is 9.59 Å². The maximum absolute atomic E-state index is 12.0. The molecule has 0 bridgehead atoms. The van der Waals surface area contributed by atoms with Crippen LogP contribution in [0.3, 0.4) is 0 Å². The van der Waals surface area contributed by atoms with E-state index in [1.807, 2.05) is 55.5 Å². The van der Waals surface area contributed by atoms with Gasteiger partial charge in [-0.1, -0.05) is 48.5 Å². The second kappa shape index (κ2) is 8.13. The lowest BCUT2D eigenvalue weighted by atomic mass is 10.1. The van der Waals surface area contributed by atoms with E-state index in [2.05, 4.69) is 5.32 Å². The van der Waals surface area contributed by atoms with Crippen molar-refractivity contribution >= 4 is 11.8 Å². The molecule has 0 saturated heterocycles. The molecule has 1 atom stereocenters. The Labute approximate surface area is 137 Å². The van der Waals surface area contributed by atoms with Crippen molar-refractivity contribution in [2.45, 2.75) is 19.9 Å². The first-order valence-electron chi connectivity index (χ1n) is 7.75. The minimum absolute atomic E-state index is 0.00434. The van der Waals surface area contributed by atoms with Gasteiger partial charge in [-0.25, -0.2) is 0 Å². The topological polar surface area (TPSA) is 49.4 Å². The van der Waals surface area contributed by atoms with Crippen molar-refractivity contribution in [3.8, 4) is 0 Å². The summed E-state index contributed by atoms with van der Waals surface area (Å²) < 4.78 is 0. The van der Waals surface area contributed by atoms with Gasteiger partial charge in [0.15, 0.2) is 0 Å². The van der Waals surface area contributed by atoms with Gasteiger partial charge in [-0.05, 0) is 24.6 Å². The van der Waals surface area contributed by atoms with E-state index in [0.717, 1.165) is 5.56 Å². The SMILES string of the molecule is CC(=O)N(CCNC(=O)c1ccccc1)C(C)c1ccccc1. The average Bonchev–Trinajstić information content (AvgIpc) is 2.59. The molecule has 2 amide bonds. The summed E-state index contributed by atoms with van der Waals surface area (Å²) in [4.78, 5) is 25.7. The lowest BCUT2D eigenvalue weighted by molar-refractivity contribution is -0.130. The zero-order valence-corrected chi connectivity index (χ0v) is 13.5. The molecule has 0 saturated carbocycles. The summed E-state index contributed by atoms with van der Waals surface area (Å²) in [5.74, 6) is -0.128. The second-order valence-corrected chi connectivity index (χ2v) is 5.42. The third-order valence-corrected chi connectivity index (χ3v) is 3.83. The van der Waals surface area contributed by atoms with E-state index in [1.54, 1.807) is 24.0 Å². The molecule has 0 aromatic heterocycles. The predicted octanol–water partition coefficient (Wildman–Crippen LogP) is 3.03. The van der Waals surface area contributed by atoms with Crippen LogP contribution in [0.25, 0.3) is 0 Å². The summed E-state index contributed by atoms with van der Waals surface area (Å²) in [6, 6.07) is 18.9. The first kappa shape index (κ1) is 16.7. The molecular formula is C19H22N2O2. The third kappa shape index (κ3) is 4.68. The highest BCUT2D eigenvalue weighted by atomic mass is 16.2. The number of nitrogens with zero attached hydrogens (tertiary/aromatic N) is 1. The Kier molecular flexibility index (Phi) is 5.92. The van der Waals surface area contributed by atoms with Crippen LogP contribution in [0.15, 0.2) is 60.7 Å². The molecule has 0 fully saturated rings. The molecule has 0 heterocycles. The molecule has 0 aliphatic carbocycles. The number of hydrogen-bond acceptors (Lipinski definition) is 2. The van der Waals surface area contributed by atoms with Crippen molar-refractivity contribution in [3.05, 3.63) is 71.8 Å². The summed E-state index contributed by atoms with van der Waals surface area (Å²) >= 11 is 0. The smallest absolute Gasteiger partial charge is 0.251 e. The normalized spacial score (nSPS) is 11.6. The fourth-order valence-electron chi connectivity index (χ4n) is 2.52. The first-order valence-corrected chi connectivity index (χ1v) is 7.75.